The molecule has 132 valence electrons. The smallest absolute Gasteiger partial charge is 0.161 e. The van der Waals surface area contributed by atoms with E-state index in [0.717, 1.165) is 49.3 Å². The fourth-order valence-corrected chi connectivity index (χ4v) is 3.92. The van der Waals surface area contributed by atoms with E-state index >= 15 is 0 Å². The van der Waals surface area contributed by atoms with Crippen molar-refractivity contribution in [2.45, 2.75) is 25.7 Å². The summed E-state index contributed by atoms with van der Waals surface area (Å²) < 4.78 is 6.21. The van der Waals surface area contributed by atoms with E-state index in [-0.39, 0.29) is 0 Å². The largest absolute Gasteiger partial charge is 0.493 e. The topological polar surface area (TPSA) is 49.8 Å². The fraction of sp³-hybridized carbons (Fsp3) is 0.500. The van der Waals surface area contributed by atoms with E-state index in [1.54, 1.807) is 6.20 Å². The van der Waals surface area contributed by atoms with E-state index < -0.39 is 0 Å². The van der Waals surface area contributed by atoms with Crippen LogP contribution in [0.5, 0.6) is 5.75 Å². The van der Waals surface area contributed by atoms with Crippen LogP contribution < -0.4 is 15.0 Å². The predicted molar refractivity (Wildman–Crippen MR) is 103 cm³/mol. The van der Waals surface area contributed by atoms with Crippen LogP contribution in [-0.4, -0.2) is 44.5 Å². The quantitative estimate of drug-likeness (QED) is 0.847. The van der Waals surface area contributed by atoms with Gasteiger partial charge in [0.2, 0.25) is 0 Å². The van der Waals surface area contributed by atoms with Crippen LogP contribution in [-0.2, 0) is 0 Å². The minimum atomic E-state index is 0.648. The molecule has 0 atom stereocenters. The first-order valence-corrected chi connectivity index (χ1v) is 9.33. The van der Waals surface area contributed by atoms with E-state index in [2.05, 4.69) is 39.0 Å². The number of hydrogen-bond acceptors (Lipinski definition) is 5. The molecule has 0 amide bonds. The molecule has 5 heteroatoms. The zero-order valence-electron chi connectivity index (χ0n) is 14.7. The van der Waals surface area contributed by atoms with E-state index in [4.69, 9.17) is 4.74 Å². The SMILES string of the molecule is C=Nc1nccc2cc(OCC3CCNCC3)cc(N3CCCC3)c12. The molecule has 0 spiro atoms. The highest BCUT2D eigenvalue weighted by molar-refractivity contribution is 6.02. The van der Waals surface area contributed by atoms with Gasteiger partial charge in [-0.1, -0.05) is 0 Å². The molecule has 0 saturated carbocycles. The van der Waals surface area contributed by atoms with Crippen LogP contribution >= 0.6 is 0 Å². The van der Waals surface area contributed by atoms with Crippen molar-refractivity contribution in [1.29, 1.82) is 0 Å². The third kappa shape index (κ3) is 3.47. The highest BCUT2D eigenvalue weighted by Gasteiger charge is 2.19. The van der Waals surface area contributed by atoms with Crippen molar-refractivity contribution in [3.8, 4) is 5.75 Å². The summed E-state index contributed by atoms with van der Waals surface area (Å²) in [5.74, 6) is 2.31. The number of pyridine rings is 1. The Kier molecular flexibility index (Phi) is 4.83. The zero-order chi connectivity index (χ0) is 17.1. The molecule has 1 aromatic heterocycles. The molecule has 4 rings (SSSR count). The molecule has 2 saturated heterocycles. The molecule has 0 unspecified atom stereocenters. The lowest BCUT2D eigenvalue weighted by Crippen LogP contribution is -2.30. The first kappa shape index (κ1) is 16.3. The molecule has 2 aromatic rings. The highest BCUT2D eigenvalue weighted by Crippen LogP contribution is 2.38. The average Bonchev–Trinajstić information content (AvgIpc) is 3.20. The molecule has 3 heterocycles. The highest BCUT2D eigenvalue weighted by atomic mass is 16.5. The lowest BCUT2D eigenvalue weighted by molar-refractivity contribution is 0.215. The van der Waals surface area contributed by atoms with Gasteiger partial charge in [0.1, 0.15) is 5.75 Å². The van der Waals surface area contributed by atoms with Crippen LogP contribution in [0.2, 0.25) is 0 Å². The Hall–Kier alpha value is -2.14. The van der Waals surface area contributed by atoms with Gasteiger partial charge in [-0.3, -0.25) is 0 Å². The number of aromatic nitrogens is 1. The number of anilines is 1. The van der Waals surface area contributed by atoms with Crippen LogP contribution in [0.15, 0.2) is 29.4 Å². The van der Waals surface area contributed by atoms with Crippen molar-refractivity contribution in [3.05, 3.63) is 24.4 Å². The van der Waals surface area contributed by atoms with Gasteiger partial charge in [-0.05, 0) is 68.9 Å². The van der Waals surface area contributed by atoms with Crippen LogP contribution in [0, 0.1) is 5.92 Å². The molecule has 25 heavy (non-hydrogen) atoms. The van der Waals surface area contributed by atoms with Crippen molar-refractivity contribution in [1.82, 2.24) is 10.3 Å². The first-order chi connectivity index (χ1) is 12.3. The monoisotopic (exact) mass is 338 g/mol. The number of nitrogens with one attached hydrogen (secondary N) is 1. The summed E-state index contributed by atoms with van der Waals surface area (Å²) in [6.45, 7) is 8.86. The molecule has 0 radical (unpaired) electrons. The maximum absolute atomic E-state index is 6.21. The molecule has 2 aliphatic rings. The summed E-state index contributed by atoms with van der Waals surface area (Å²) in [4.78, 5) is 11.0. The van der Waals surface area contributed by atoms with Crippen molar-refractivity contribution in [3.63, 3.8) is 0 Å². The molecule has 2 fully saturated rings. The summed E-state index contributed by atoms with van der Waals surface area (Å²) in [7, 11) is 0. The molecule has 5 nitrogen and oxygen atoms in total. The zero-order valence-corrected chi connectivity index (χ0v) is 14.7. The molecule has 0 aliphatic carbocycles. The number of aliphatic imine (C=N–C) groups is 1. The minimum Gasteiger partial charge on any atom is -0.493 e. The van der Waals surface area contributed by atoms with Gasteiger partial charge in [0.25, 0.3) is 0 Å². The van der Waals surface area contributed by atoms with Gasteiger partial charge in [0.05, 0.1) is 17.7 Å². The fourth-order valence-electron chi connectivity index (χ4n) is 3.92. The van der Waals surface area contributed by atoms with Crippen LogP contribution in [0.4, 0.5) is 11.5 Å². The number of benzene rings is 1. The van der Waals surface area contributed by atoms with Crippen molar-refractivity contribution in [2.75, 3.05) is 37.7 Å². The molecular formula is C20H26N4O. The number of rotatable bonds is 5. The number of hydrogen-bond donors (Lipinski definition) is 1. The summed E-state index contributed by atoms with van der Waals surface area (Å²) in [5, 5.41) is 5.63. The molecule has 2 aliphatic heterocycles. The summed E-state index contributed by atoms with van der Waals surface area (Å²) >= 11 is 0. The third-order valence-corrected chi connectivity index (χ3v) is 5.34. The second-order valence-corrected chi connectivity index (χ2v) is 7.03. The Bertz CT molecular complexity index is 749. The Balaban J connectivity index is 1.66. The van der Waals surface area contributed by atoms with Gasteiger partial charge in [-0.2, -0.15) is 0 Å². The number of ether oxygens (including phenoxy) is 1. The lowest BCUT2D eigenvalue weighted by Gasteiger charge is -2.24. The normalized spacial score (nSPS) is 18.6. The summed E-state index contributed by atoms with van der Waals surface area (Å²) in [5.41, 5.74) is 1.19. The first-order valence-electron chi connectivity index (χ1n) is 9.33. The Morgan fingerprint density at radius 2 is 2.04 bits per heavy atom. The van der Waals surface area contributed by atoms with Gasteiger partial charge in [-0.15, -0.1) is 0 Å². The third-order valence-electron chi connectivity index (χ3n) is 5.34. The van der Waals surface area contributed by atoms with Crippen LogP contribution in [0.25, 0.3) is 10.8 Å². The standard InChI is InChI=1S/C20H26N4O/c1-21-20-19-16(6-9-23-20)12-17(13-18(19)24-10-2-3-11-24)25-14-15-4-7-22-8-5-15/h6,9,12-13,15,22H,1-5,7-8,10-11,14H2. The predicted octanol–water partition coefficient (Wildman–Crippen LogP) is 3.55. The molecule has 0 bridgehead atoms. The Labute approximate surface area is 149 Å². The summed E-state index contributed by atoms with van der Waals surface area (Å²) in [6.07, 6.45) is 6.66. The second-order valence-electron chi connectivity index (χ2n) is 7.03. The average molecular weight is 338 g/mol. The van der Waals surface area contributed by atoms with E-state index in [1.165, 1.54) is 31.4 Å². The van der Waals surface area contributed by atoms with Crippen molar-refractivity contribution in [2.24, 2.45) is 10.9 Å². The molecule has 1 N–H and O–H groups in total. The van der Waals surface area contributed by atoms with Crippen LogP contribution in [0.1, 0.15) is 25.7 Å². The van der Waals surface area contributed by atoms with Gasteiger partial charge >= 0.3 is 0 Å². The second kappa shape index (κ2) is 7.40. The van der Waals surface area contributed by atoms with Crippen molar-refractivity contribution < 1.29 is 4.74 Å². The molecular weight excluding hydrogens is 312 g/mol. The lowest BCUT2D eigenvalue weighted by atomic mass is 9.99. The maximum Gasteiger partial charge on any atom is 0.161 e. The van der Waals surface area contributed by atoms with Gasteiger partial charge in [0.15, 0.2) is 5.82 Å². The van der Waals surface area contributed by atoms with Gasteiger partial charge < -0.3 is 15.0 Å². The van der Waals surface area contributed by atoms with E-state index in [9.17, 15) is 0 Å². The Morgan fingerprint density at radius 1 is 1.24 bits per heavy atom. The minimum absolute atomic E-state index is 0.648. The van der Waals surface area contributed by atoms with E-state index in [0.29, 0.717) is 11.7 Å². The summed E-state index contributed by atoms with van der Waals surface area (Å²) in [6, 6.07) is 6.33. The number of piperidine rings is 1. The van der Waals surface area contributed by atoms with Crippen molar-refractivity contribution >= 4 is 29.0 Å². The number of nitrogens with zero attached hydrogens (tertiary/aromatic N) is 3. The molecule has 1 aromatic carbocycles. The van der Waals surface area contributed by atoms with Gasteiger partial charge in [0, 0.05) is 25.4 Å². The van der Waals surface area contributed by atoms with E-state index in [1.807, 2.05) is 6.07 Å². The number of fused-ring (bicyclic) bond motifs is 1. The maximum atomic E-state index is 6.21. The Morgan fingerprint density at radius 3 is 2.80 bits per heavy atom. The van der Waals surface area contributed by atoms with Gasteiger partial charge in [-0.25, -0.2) is 9.98 Å². The van der Waals surface area contributed by atoms with Crippen LogP contribution in [0.3, 0.4) is 0 Å².